The second-order valence-corrected chi connectivity index (χ2v) is 8.17. The van der Waals surface area contributed by atoms with Gasteiger partial charge in [0.15, 0.2) is 0 Å². The first kappa shape index (κ1) is 17.9. The van der Waals surface area contributed by atoms with Crippen LogP contribution < -0.4 is 0 Å². The summed E-state index contributed by atoms with van der Waals surface area (Å²) in [6, 6.07) is 0.671. The molecule has 5 heteroatoms. The number of aromatic nitrogens is 3. The molecule has 1 aliphatic carbocycles. The van der Waals surface area contributed by atoms with Gasteiger partial charge in [-0.15, -0.1) is 10.2 Å². The van der Waals surface area contributed by atoms with Crippen molar-refractivity contribution in [3.8, 4) is 0 Å². The molecule has 0 amide bonds. The highest BCUT2D eigenvalue weighted by atomic mass is 16.5. The highest BCUT2D eigenvalue weighted by molar-refractivity contribution is 5.00. The van der Waals surface area contributed by atoms with Gasteiger partial charge in [0.2, 0.25) is 0 Å². The van der Waals surface area contributed by atoms with Crippen molar-refractivity contribution in [2.24, 2.45) is 13.0 Å². The lowest BCUT2D eigenvalue weighted by Gasteiger charge is -2.37. The molecule has 24 heavy (non-hydrogen) atoms. The first-order valence-corrected chi connectivity index (χ1v) is 9.78. The Morgan fingerprint density at radius 1 is 1.17 bits per heavy atom. The van der Waals surface area contributed by atoms with Gasteiger partial charge >= 0.3 is 0 Å². The van der Waals surface area contributed by atoms with Crippen LogP contribution in [0.4, 0.5) is 0 Å². The predicted octanol–water partition coefficient (Wildman–Crippen LogP) is 3.50. The van der Waals surface area contributed by atoms with Crippen LogP contribution in [0.25, 0.3) is 0 Å². The average Bonchev–Trinajstić information content (AvgIpc) is 3.18. The average molecular weight is 335 g/mol. The van der Waals surface area contributed by atoms with Gasteiger partial charge in [0.05, 0.1) is 12.6 Å². The van der Waals surface area contributed by atoms with Gasteiger partial charge in [-0.2, -0.15) is 0 Å². The highest BCUT2D eigenvalue weighted by Crippen LogP contribution is 2.29. The van der Waals surface area contributed by atoms with Gasteiger partial charge in [0.1, 0.15) is 11.6 Å². The van der Waals surface area contributed by atoms with Crippen LogP contribution in [-0.4, -0.2) is 45.0 Å². The van der Waals surface area contributed by atoms with E-state index in [-0.39, 0.29) is 0 Å². The molecule has 2 heterocycles. The predicted molar refractivity (Wildman–Crippen MR) is 95.9 cm³/mol. The molecule has 0 spiro atoms. The number of ether oxygens (including phenoxy) is 1. The van der Waals surface area contributed by atoms with Crippen LogP contribution >= 0.6 is 0 Å². The zero-order valence-corrected chi connectivity index (χ0v) is 15.9. The van der Waals surface area contributed by atoms with Crippen molar-refractivity contribution >= 4 is 0 Å². The lowest BCUT2D eigenvalue weighted by atomic mass is 9.86. The van der Waals surface area contributed by atoms with Gasteiger partial charge in [-0.1, -0.05) is 20.8 Å². The molecule has 1 unspecified atom stereocenters. The SMILES string of the molecule is CC1CCC(N(Cc2nnc(C(C)C)n2C)CC2CCCO2)CC1. The van der Waals surface area contributed by atoms with E-state index >= 15 is 0 Å². The maximum atomic E-state index is 5.92. The van der Waals surface area contributed by atoms with Crippen molar-refractivity contribution in [2.45, 2.75) is 83.9 Å². The van der Waals surface area contributed by atoms with Gasteiger partial charge in [-0.05, 0) is 44.4 Å². The zero-order valence-electron chi connectivity index (χ0n) is 15.9. The Morgan fingerprint density at radius 2 is 1.92 bits per heavy atom. The van der Waals surface area contributed by atoms with E-state index in [0.717, 1.165) is 37.3 Å². The quantitative estimate of drug-likeness (QED) is 0.798. The number of rotatable bonds is 6. The maximum absolute atomic E-state index is 5.92. The summed E-state index contributed by atoms with van der Waals surface area (Å²) in [4.78, 5) is 2.63. The summed E-state index contributed by atoms with van der Waals surface area (Å²) in [5.41, 5.74) is 0. The minimum Gasteiger partial charge on any atom is -0.377 e. The minimum absolute atomic E-state index is 0.405. The maximum Gasteiger partial charge on any atom is 0.146 e. The molecule has 5 nitrogen and oxygen atoms in total. The Morgan fingerprint density at radius 3 is 2.50 bits per heavy atom. The molecule has 1 aromatic heterocycles. The van der Waals surface area contributed by atoms with Crippen molar-refractivity contribution in [3.63, 3.8) is 0 Å². The molecule has 0 aromatic carbocycles. The van der Waals surface area contributed by atoms with Crippen LogP contribution in [0.2, 0.25) is 0 Å². The fourth-order valence-electron chi connectivity index (χ4n) is 4.20. The fraction of sp³-hybridized carbons (Fsp3) is 0.895. The molecule has 1 atom stereocenters. The molecule has 2 aliphatic rings. The summed E-state index contributed by atoms with van der Waals surface area (Å²) >= 11 is 0. The fourth-order valence-corrected chi connectivity index (χ4v) is 4.20. The molecule has 0 N–H and O–H groups in total. The number of hydrogen-bond acceptors (Lipinski definition) is 4. The second-order valence-electron chi connectivity index (χ2n) is 8.17. The van der Waals surface area contributed by atoms with Crippen LogP contribution in [0.15, 0.2) is 0 Å². The first-order valence-electron chi connectivity index (χ1n) is 9.78. The third-order valence-corrected chi connectivity index (χ3v) is 5.82. The van der Waals surface area contributed by atoms with Crippen LogP contribution in [0.3, 0.4) is 0 Å². The van der Waals surface area contributed by atoms with Gasteiger partial charge < -0.3 is 9.30 Å². The van der Waals surface area contributed by atoms with E-state index in [1.807, 2.05) is 0 Å². The first-order chi connectivity index (χ1) is 11.5. The van der Waals surface area contributed by atoms with E-state index in [9.17, 15) is 0 Å². The summed E-state index contributed by atoms with van der Waals surface area (Å²) < 4.78 is 8.12. The van der Waals surface area contributed by atoms with Crippen LogP contribution in [0, 0.1) is 5.92 Å². The smallest absolute Gasteiger partial charge is 0.146 e. The lowest BCUT2D eigenvalue weighted by Crippen LogP contribution is -2.42. The molecule has 2 fully saturated rings. The highest BCUT2D eigenvalue weighted by Gasteiger charge is 2.29. The topological polar surface area (TPSA) is 43.2 Å². The zero-order chi connectivity index (χ0) is 17.1. The summed E-state index contributed by atoms with van der Waals surface area (Å²) in [6.07, 6.45) is 8.14. The summed E-state index contributed by atoms with van der Waals surface area (Å²) in [5.74, 6) is 3.47. The van der Waals surface area contributed by atoms with E-state index in [2.05, 4.69) is 47.5 Å². The van der Waals surface area contributed by atoms with Gasteiger partial charge in [0.25, 0.3) is 0 Å². The Labute approximate surface area is 146 Å². The van der Waals surface area contributed by atoms with E-state index in [1.54, 1.807) is 0 Å². The summed E-state index contributed by atoms with van der Waals surface area (Å²) in [5, 5.41) is 8.90. The Bertz CT molecular complexity index is 513. The van der Waals surface area contributed by atoms with Gasteiger partial charge in [-0.25, -0.2) is 0 Å². The number of nitrogens with zero attached hydrogens (tertiary/aromatic N) is 4. The normalized spacial score (nSPS) is 28.2. The van der Waals surface area contributed by atoms with Crippen molar-refractivity contribution in [3.05, 3.63) is 11.6 Å². The Hall–Kier alpha value is -0.940. The van der Waals surface area contributed by atoms with Gasteiger partial charge in [-0.3, -0.25) is 4.90 Å². The van der Waals surface area contributed by atoms with E-state index in [0.29, 0.717) is 18.1 Å². The van der Waals surface area contributed by atoms with Crippen molar-refractivity contribution < 1.29 is 4.74 Å². The second kappa shape index (κ2) is 7.96. The Balaban J connectivity index is 1.71. The lowest BCUT2D eigenvalue weighted by molar-refractivity contribution is 0.0393. The molecular formula is C19H34N4O. The molecule has 1 saturated carbocycles. The van der Waals surface area contributed by atoms with E-state index < -0.39 is 0 Å². The van der Waals surface area contributed by atoms with Crippen LogP contribution in [0.1, 0.15) is 76.9 Å². The van der Waals surface area contributed by atoms with Gasteiger partial charge in [0, 0.05) is 32.2 Å². The molecule has 0 bridgehead atoms. The standard InChI is InChI=1S/C19H34N4O/c1-14(2)19-21-20-18(22(19)4)13-23(12-17-6-5-11-24-17)16-9-7-15(3)8-10-16/h14-17H,5-13H2,1-4H3. The van der Waals surface area contributed by atoms with Crippen molar-refractivity contribution in [1.29, 1.82) is 0 Å². The Kier molecular flexibility index (Phi) is 5.93. The molecule has 0 radical (unpaired) electrons. The molecule has 1 aliphatic heterocycles. The third kappa shape index (κ3) is 4.17. The molecule has 3 rings (SSSR count). The molecule has 1 aromatic rings. The minimum atomic E-state index is 0.405. The molecule has 1 saturated heterocycles. The monoisotopic (exact) mass is 334 g/mol. The summed E-state index contributed by atoms with van der Waals surface area (Å²) in [7, 11) is 2.11. The summed E-state index contributed by atoms with van der Waals surface area (Å²) in [6.45, 7) is 9.62. The third-order valence-electron chi connectivity index (χ3n) is 5.82. The molecular weight excluding hydrogens is 300 g/mol. The van der Waals surface area contributed by atoms with Crippen molar-refractivity contribution in [2.75, 3.05) is 13.2 Å². The van der Waals surface area contributed by atoms with Crippen molar-refractivity contribution in [1.82, 2.24) is 19.7 Å². The van der Waals surface area contributed by atoms with Crippen LogP contribution in [0.5, 0.6) is 0 Å². The van der Waals surface area contributed by atoms with Crippen LogP contribution in [-0.2, 0) is 18.3 Å². The molecule has 136 valence electrons. The van der Waals surface area contributed by atoms with E-state index in [4.69, 9.17) is 4.74 Å². The van der Waals surface area contributed by atoms with E-state index in [1.165, 1.54) is 38.5 Å². The largest absolute Gasteiger partial charge is 0.377 e. The number of hydrogen-bond donors (Lipinski definition) is 0.